The number of methoxy groups -OCH3 is 2. The van der Waals surface area contributed by atoms with Crippen molar-refractivity contribution in [1.29, 1.82) is 0 Å². The van der Waals surface area contributed by atoms with Crippen molar-refractivity contribution in [2.75, 3.05) is 25.7 Å². The van der Waals surface area contributed by atoms with Crippen molar-refractivity contribution < 1.29 is 19.1 Å². The number of nitrogens with zero attached hydrogens (tertiary/aromatic N) is 1. The van der Waals surface area contributed by atoms with E-state index in [1.165, 1.54) is 0 Å². The van der Waals surface area contributed by atoms with E-state index in [2.05, 4.69) is 5.32 Å². The van der Waals surface area contributed by atoms with Gasteiger partial charge in [-0.1, -0.05) is 29.8 Å². The molecule has 0 aromatic heterocycles. The monoisotopic (exact) mass is 419 g/mol. The first kappa shape index (κ1) is 22.5. The Morgan fingerprint density at radius 3 is 2.28 bits per heavy atom. The van der Waals surface area contributed by atoms with Crippen LogP contribution in [-0.4, -0.2) is 38.6 Å². The number of carbonyl (C=O) groups is 2. The van der Waals surface area contributed by atoms with Gasteiger partial charge in [0.1, 0.15) is 23.6 Å². The molecule has 7 nitrogen and oxygen atoms in total. The molecule has 29 heavy (non-hydrogen) atoms. The molecule has 1 heterocycles. The van der Waals surface area contributed by atoms with Crippen LogP contribution >= 0.6 is 12.4 Å². The molecule has 0 radical (unpaired) electrons. The molecule has 1 fully saturated rings. The van der Waals surface area contributed by atoms with Crippen molar-refractivity contribution in [3.63, 3.8) is 0 Å². The van der Waals surface area contributed by atoms with Gasteiger partial charge >= 0.3 is 0 Å². The van der Waals surface area contributed by atoms with E-state index in [-0.39, 0.29) is 24.2 Å². The maximum atomic E-state index is 12.8. The summed E-state index contributed by atoms with van der Waals surface area (Å²) >= 11 is 0. The molecule has 3 N–H and O–H groups in total. The highest BCUT2D eigenvalue weighted by Gasteiger charge is 2.35. The summed E-state index contributed by atoms with van der Waals surface area (Å²) in [5.41, 5.74) is 8.53. The fourth-order valence-corrected chi connectivity index (χ4v) is 3.21. The van der Waals surface area contributed by atoms with Gasteiger partial charge in [0.15, 0.2) is 0 Å². The third kappa shape index (κ3) is 4.99. The lowest BCUT2D eigenvalue weighted by Gasteiger charge is -2.20. The van der Waals surface area contributed by atoms with Gasteiger partial charge < -0.3 is 25.4 Å². The topological polar surface area (TPSA) is 93.9 Å². The zero-order valence-corrected chi connectivity index (χ0v) is 17.5. The maximum absolute atomic E-state index is 12.8. The molecule has 2 aromatic carbocycles. The fourth-order valence-electron chi connectivity index (χ4n) is 3.21. The fraction of sp³-hybridized carbons (Fsp3) is 0.333. The molecule has 156 valence electrons. The van der Waals surface area contributed by atoms with E-state index >= 15 is 0 Å². The Labute approximate surface area is 176 Å². The molecule has 0 spiro atoms. The number of anilines is 1. The average molecular weight is 420 g/mol. The number of rotatable bonds is 6. The van der Waals surface area contributed by atoms with Gasteiger partial charge in [-0.05, 0) is 18.9 Å². The predicted molar refractivity (Wildman–Crippen MR) is 114 cm³/mol. The van der Waals surface area contributed by atoms with E-state index < -0.39 is 12.1 Å². The number of hydrogen-bond acceptors (Lipinski definition) is 5. The second-order valence-corrected chi connectivity index (χ2v) is 6.80. The van der Waals surface area contributed by atoms with Crippen molar-refractivity contribution in [1.82, 2.24) is 5.32 Å². The summed E-state index contributed by atoms with van der Waals surface area (Å²) in [5, 5.41) is 2.78. The van der Waals surface area contributed by atoms with E-state index in [0.29, 0.717) is 35.7 Å². The second kappa shape index (κ2) is 9.62. The number of nitrogens with one attached hydrogen (secondary N) is 1. The highest BCUT2D eigenvalue weighted by atomic mass is 35.5. The van der Waals surface area contributed by atoms with Crippen LogP contribution in [0.1, 0.15) is 23.6 Å². The molecule has 2 atom stereocenters. The average Bonchev–Trinajstić information content (AvgIpc) is 3.07. The highest BCUT2D eigenvalue weighted by molar-refractivity contribution is 6.02. The number of hydrogen-bond donors (Lipinski definition) is 2. The number of carbonyl (C=O) groups excluding carboxylic acids is 2. The predicted octanol–water partition coefficient (Wildman–Crippen LogP) is 2.36. The molecule has 2 unspecified atom stereocenters. The second-order valence-electron chi connectivity index (χ2n) is 6.80. The minimum absolute atomic E-state index is 0. The summed E-state index contributed by atoms with van der Waals surface area (Å²) in [6.07, 6.45) is 0.505. The van der Waals surface area contributed by atoms with E-state index in [1.807, 2.05) is 31.2 Å². The quantitative estimate of drug-likeness (QED) is 0.749. The minimum atomic E-state index is -0.820. The first-order valence-corrected chi connectivity index (χ1v) is 9.10. The molecule has 0 saturated carbocycles. The first-order valence-electron chi connectivity index (χ1n) is 9.10. The van der Waals surface area contributed by atoms with Gasteiger partial charge in [0.2, 0.25) is 11.8 Å². The van der Waals surface area contributed by atoms with Crippen LogP contribution in [0.2, 0.25) is 0 Å². The Kier molecular flexibility index (Phi) is 7.47. The summed E-state index contributed by atoms with van der Waals surface area (Å²) < 4.78 is 10.5. The van der Waals surface area contributed by atoms with E-state index in [4.69, 9.17) is 15.2 Å². The molecule has 0 aliphatic carbocycles. The van der Waals surface area contributed by atoms with Crippen molar-refractivity contribution in [3.8, 4) is 11.5 Å². The number of ether oxygens (including phenoxy) is 2. The van der Waals surface area contributed by atoms with Gasteiger partial charge in [-0.3, -0.25) is 9.59 Å². The number of amides is 2. The molecular formula is C21H26ClN3O4. The van der Waals surface area contributed by atoms with Crippen molar-refractivity contribution in [2.24, 2.45) is 5.73 Å². The Morgan fingerprint density at radius 2 is 1.72 bits per heavy atom. The molecule has 3 rings (SSSR count). The molecule has 2 aromatic rings. The first-order chi connectivity index (χ1) is 13.4. The Morgan fingerprint density at radius 1 is 1.14 bits per heavy atom. The summed E-state index contributed by atoms with van der Waals surface area (Å²) in [6, 6.07) is 11.3. The molecule has 1 aliphatic rings. The molecule has 0 bridgehead atoms. The summed E-state index contributed by atoms with van der Waals surface area (Å²) in [6.45, 7) is 2.45. The van der Waals surface area contributed by atoms with Gasteiger partial charge in [-0.15, -0.1) is 12.4 Å². The summed E-state index contributed by atoms with van der Waals surface area (Å²) in [7, 11) is 3.11. The highest BCUT2D eigenvalue weighted by Crippen LogP contribution is 2.31. The van der Waals surface area contributed by atoms with E-state index in [9.17, 15) is 9.59 Å². The summed E-state index contributed by atoms with van der Waals surface area (Å²) in [4.78, 5) is 27.0. The minimum Gasteiger partial charge on any atom is -0.497 e. The third-order valence-corrected chi connectivity index (χ3v) is 4.89. The van der Waals surface area contributed by atoms with Crippen LogP contribution in [-0.2, 0) is 9.59 Å². The number of benzene rings is 2. The van der Waals surface area contributed by atoms with Crippen molar-refractivity contribution in [2.45, 2.75) is 25.4 Å². The van der Waals surface area contributed by atoms with Gasteiger partial charge in [0, 0.05) is 24.7 Å². The normalized spacial score (nSPS) is 16.8. The zero-order chi connectivity index (χ0) is 20.3. The lowest BCUT2D eigenvalue weighted by atomic mass is 10.0. The molecule has 1 saturated heterocycles. The van der Waals surface area contributed by atoms with Gasteiger partial charge in [0.25, 0.3) is 0 Å². The zero-order valence-electron chi connectivity index (χ0n) is 16.7. The largest absolute Gasteiger partial charge is 0.497 e. The number of aryl methyl sites for hydroxylation is 1. The smallest absolute Gasteiger partial charge is 0.249 e. The maximum Gasteiger partial charge on any atom is 0.249 e. The lowest BCUT2D eigenvalue weighted by molar-refractivity contribution is -0.127. The van der Waals surface area contributed by atoms with Crippen LogP contribution in [0.5, 0.6) is 11.5 Å². The van der Waals surface area contributed by atoms with Crippen LogP contribution in [0.25, 0.3) is 0 Å². The summed E-state index contributed by atoms with van der Waals surface area (Å²) in [5.74, 6) is 0.638. The van der Waals surface area contributed by atoms with Gasteiger partial charge in [-0.2, -0.15) is 0 Å². The molecule has 2 amide bonds. The van der Waals surface area contributed by atoms with E-state index in [1.54, 1.807) is 37.3 Å². The molecular weight excluding hydrogens is 394 g/mol. The van der Waals surface area contributed by atoms with Gasteiger partial charge in [0.05, 0.1) is 19.9 Å². The van der Waals surface area contributed by atoms with E-state index in [0.717, 1.165) is 5.56 Å². The van der Waals surface area contributed by atoms with Crippen LogP contribution in [0.15, 0.2) is 42.5 Å². The van der Waals surface area contributed by atoms with Crippen LogP contribution in [0.3, 0.4) is 0 Å². The SMILES string of the molecule is COc1cc(OC)cc(N2CCC(NC(=O)C(N)c3ccc(C)cc3)C2=O)c1.Cl. The van der Waals surface area contributed by atoms with Crippen LogP contribution < -0.4 is 25.4 Å². The Bertz CT molecular complexity index is 850. The Hall–Kier alpha value is -2.77. The molecule has 8 heteroatoms. The van der Waals surface area contributed by atoms with Crippen molar-refractivity contribution >= 4 is 29.9 Å². The third-order valence-electron chi connectivity index (χ3n) is 4.89. The molecule has 1 aliphatic heterocycles. The number of halogens is 1. The van der Waals surface area contributed by atoms with Gasteiger partial charge in [-0.25, -0.2) is 0 Å². The standard InChI is InChI=1S/C21H25N3O4.ClH/c1-13-4-6-14(7-5-13)19(22)20(25)23-18-8-9-24(21(18)26)15-10-16(27-2)12-17(11-15)28-3;/h4-7,10-12,18-19H,8-9,22H2,1-3H3,(H,23,25);1H. The van der Waals surface area contributed by atoms with Crippen LogP contribution in [0, 0.1) is 6.92 Å². The van der Waals surface area contributed by atoms with Crippen molar-refractivity contribution in [3.05, 3.63) is 53.6 Å². The van der Waals surface area contributed by atoms with Crippen LogP contribution in [0.4, 0.5) is 5.69 Å². The Balaban J connectivity index is 0.00000300. The number of nitrogens with two attached hydrogens (primary N) is 1. The lowest BCUT2D eigenvalue weighted by Crippen LogP contribution is -2.45.